The predicted octanol–water partition coefficient (Wildman–Crippen LogP) is 4.42. The molecule has 2 aromatic carbocycles. The van der Waals surface area contributed by atoms with E-state index < -0.39 is 0 Å². The van der Waals surface area contributed by atoms with Gasteiger partial charge in [0.15, 0.2) is 5.65 Å². The van der Waals surface area contributed by atoms with Gasteiger partial charge in [0.2, 0.25) is 5.88 Å². The minimum Gasteiger partial charge on any atom is -0.491 e. The number of carbonyl (C=O) groups is 1. The van der Waals surface area contributed by atoms with E-state index in [4.69, 9.17) is 14.5 Å². The number of benzene rings is 2. The van der Waals surface area contributed by atoms with E-state index >= 15 is 0 Å². The van der Waals surface area contributed by atoms with E-state index in [2.05, 4.69) is 65.6 Å². The largest absolute Gasteiger partial charge is 0.491 e. The van der Waals surface area contributed by atoms with Crippen molar-refractivity contribution in [2.45, 2.75) is 38.8 Å². The number of carbonyl (C=O) groups excluding carboxylic acids is 1. The summed E-state index contributed by atoms with van der Waals surface area (Å²) >= 11 is 0. The maximum absolute atomic E-state index is 12.1. The van der Waals surface area contributed by atoms with Crippen molar-refractivity contribution in [3.63, 3.8) is 0 Å². The number of hydrogen-bond donors (Lipinski definition) is 1. The number of piperidine rings is 1. The second kappa shape index (κ2) is 10.4. The Hall–Kier alpha value is -4.35. The highest BCUT2D eigenvalue weighted by atomic mass is 16.5. The van der Waals surface area contributed by atoms with Gasteiger partial charge in [0.25, 0.3) is 5.91 Å². The second-order valence-corrected chi connectivity index (χ2v) is 10.0. The van der Waals surface area contributed by atoms with Crippen LogP contribution in [0.2, 0.25) is 0 Å². The lowest BCUT2D eigenvalue weighted by Gasteiger charge is -2.32. The van der Waals surface area contributed by atoms with Crippen LogP contribution in [0, 0.1) is 18.8 Å². The number of aromatic nitrogens is 3. The van der Waals surface area contributed by atoms with Gasteiger partial charge in [0.1, 0.15) is 18.1 Å². The molecule has 2 aliphatic rings. The average molecular weight is 522 g/mol. The highest BCUT2D eigenvalue weighted by Crippen LogP contribution is 2.39. The third-order valence-corrected chi connectivity index (χ3v) is 7.47. The molecule has 39 heavy (non-hydrogen) atoms. The van der Waals surface area contributed by atoms with Gasteiger partial charge in [-0.25, -0.2) is 9.50 Å². The maximum Gasteiger partial charge on any atom is 0.298 e. The molecule has 4 aromatic rings. The van der Waals surface area contributed by atoms with Gasteiger partial charge in [-0.05, 0) is 50.8 Å². The Labute approximate surface area is 228 Å². The Morgan fingerprint density at radius 2 is 1.95 bits per heavy atom. The fraction of sp³-hybridized carbons (Fsp3) is 0.323. The van der Waals surface area contributed by atoms with Crippen molar-refractivity contribution in [1.82, 2.24) is 24.8 Å². The van der Waals surface area contributed by atoms with Crippen molar-refractivity contribution in [3.05, 3.63) is 65.7 Å². The summed E-state index contributed by atoms with van der Waals surface area (Å²) in [6, 6.07) is 18.9. The van der Waals surface area contributed by atoms with Crippen LogP contribution >= 0.6 is 0 Å². The molecule has 0 spiro atoms. The molecule has 1 fully saturated rings. The SMILES string of the molecule is CC#CC(=O)N1CCC(N[C@H]2COc3cc(-c4nc5ccc(OC)nn5c4-c4cccc(C)c4)ccc32)CC1. The molecule has 1 atom stereocenters. The topological polar surface area (TPSA) is 81.0 Å². The molecule has 2 aliphatic heterocycles. The number of methoxy groups -OCH3 is 1. The third-order valence-electron chi connectivity index (χ3n) is 7.47. The number of rotatable bonds is 5. The predicted molar refractivity (Wildman–Crippen MR) is 150 cm³/mol. The van der Waals surface area contributed by atoms with Crippen molar-refractivity contribution in [3.8, 4) is 46.0 Å². The summed E-state index contributed by atoms with van der Waals surface area (Å²) in [4.78, 5) is 18.9. The third kappa shape index (κ3) is 4.82. The van der Waals surface area contributed by atoms with Gasteiger partial charge in [0.05, 0.1) is 18.8 Å². The van der Waals surface area contributed by atoms with Crippen LogP contribution in [0.3, 0.4) is 0 Å². The Morgan fingerprint density at radius 3 is 2.72 bits per heavy atom. The van der Waals surface area contributed by atoms with Crippen LogP contribution in [0.15, 0.2) is 54.6 Å². The standard InChI is InChI=1S/C31H31N5O3/c1-4-6-29(37)35-15-13-23(14-16-35)32-25-19-39-26-18-21(9-10-24(25)26)30-31(22-8-5-7-20(2)17-22)36-27(33-30)11-12-28(34-36)38-3/h5,7-12,17-18,23,25,32H,13-16,19H2,1-3H3/t25-/m0/s1. The van der Waals surface area contributed by atoms with E-state index in [1.54, 1.807) is 14.0 Å². The van der Waals surface area contributed by atoms with Crippen molar-refractivity contribution in [2.24, 2.45) is 0 Å². The van der Waals surface area contributed by atoms with Gasteiger partial charge in [-0.1, -0.05) is 41.8 Å². The van der Waals surface area contributed by atoms with Crippen LogP contribution in [0.5, 0.6) is 11.6 Å². The highest BCUT2D eigenvalue weighted by molar-refractivity contribution is 5.93. The van der Waals surface area contributed by atoms with Gasteiger partial charge >= 0.3 is 0 Å². The van der Waals surface area contributed by atoms with E-state index in [0.29, 0.717) is 18.5 Å². The smallest absolute Gasteiger partial charge is 0.298 e. The van der Waals surface area contributed by atoms with Crippen LogP contribution < -0.4 is 14.8 Å². The Balaban J connectivity index is 1.28. The molecule has 2 aromatic heterocycles. The van der Waals surface area contributed by atoms with Crippen LogP contribution in [0.1, 0.15) is 36.9 Å². The highest BCUT2D eigenvalue weighted by Gasteiger charge is 2.30. The van der Waals surface area contributed by atoms with Gasteiger partial charge < -0.3 is 19.7 Å². The van der Waals surface area contributed by atoms with Gasteiger partial charge in [0, 0.05) is 41.9 Å². The lowest BCUT2D eigenvalue weighted by Crippen LogP contribution is -2.45. The number of nitrogens with zero attached hydrogens (tertiary/aromatic N) is 4. The Morgan fingerprint density at radius 1 is 1.10 bits per heavy atom. The molecule has 1 N–H and O–H groups in total. The first-order chi connectivity index (χ1) is 19.0. The van der Waals surface area contributed by atoms with Gasteiger partial charge in [-0.3, -0.25) is 4.79 Å². The van der Waals surface area contributed by atoms with Crippen molar-refractivity contribution >= 4 is 11.6 Å². The quantitative estimate of drug-likeness (QED) is 0.392. The number of hydrogen-bond acceptors (Lipinski definition) is 6. The number of nitrogens with one attached hydrogen (secondary N) is 1. The lowest BCUT2D eigenvalue weighted by atomic mass is 9.99. The molecule has 6 rings (SSSR count). The lowest BCUT2D eigenvalue weighted by molar-refractivity contribution is -0.126. The second-order valence-electron chi connectivity index (χ2n) is 10.0. The molecule has 0 aliphatic carbocycles. The van der Waals surface area contributed by atoms with Gasteiger partial charge in [-0.15, -0.1) is 5.10 Å². The molecule has 1 amide bonds. The summed E-state index contributed by atoms with van der Waals surface area (Å²) in [5.41, 5.74) is 6.82. The zero-order valence-electron chi connectivity index (χ0n) is 22.4. The number of imidazole rings is 1. The normalized spacial score (nSPS) is 16.9. The molecule has 0 radical (unpaired) electrons. The summed E-state index contributed by atoms with van der Waals surface area (Å²) in [5, 5.41) is 8.44. The zero-order chi connectivity index (χ0) is 26.9. The molecular weight excluding hydrogens is 490 g/mol. The van der Waals surface area contributed by atoms with Crippen molar-refractivity contribution < 1.29 is 14.3 Å². The van der Waals surface area contributed by atoms with E-state index in [-0.39, 0.29) is 11.9 Å². The fourth-order valence-corrected chi connectivity index (χ4v) is 5.49. The maximum atomic E-state index is 12.1. The number of likely N-dealkylation sites (tertiary alicyclic amines) is 1. The molecule has 0 saturated carbocycles. The van der Waals surface area contributed by atoms with Crippen LogP contribution in [0.4, 0.5) is 0 Å². The molecule has 8 heteroatoms. The van der Waals surface area contributed by atoms with Crippen molar-refractivity contribution in [1.29, 1.82) is 0 Å². The van der Waals surface area contributed by atoms with E-state index in [9.17, 15) is 4.79 Å². The minimum atomic E-state index is -0.0800. The Kier molecular flexibility index (Phi) is 6.67. The number of aryl methyl sites for hydroxylation is 1. The van der Waals surface area contributed by atoms with E-state index in [0.717, 1.165) is 71.0 Å². The molecule has 0 bridgehead atoms. The number of ether oxygens (including phenoxy) is 2. The summed E-state index contributed by atoms with van der Waals surface area (Å²) in [7, 11) is 1.62. The summed E-state index contributed by atoms with van der Waals surface area (Å²) < 4.78 is 13.4. The van der Waals surface area contributed by atoms with E-state index in [1.165, 1.54) is 0 Å². The first-order valence-electron chi connectivity index (χ1n) is 13.3. The Bertz CT molecular complexity index is 1610. The molecule has 4 heterocycles. The first kappa shape index (κ1) is 25.0. The first-order valence-corrected chi connectivity index (χ1v) is 13.3. The summed E-state index contributed by atoms with van der Waals surface area (Å²) in [6.07, 6.45) is 1.80. The average Bonchev–Trinajstić information content (AvgIpc) is 3.54. The molecule has 8 nitrogen and oxygen atoms in total. The van der Waals surface area contributed by atoms with E-state index in [1.807, 2.05) is 27.6 Å². The minimum absolute atomic E-state index is 0.0800. The fourth-order valence-electron chi connectivity index (χ4n) is 5.49. The monoisotopic (exact) mass is 521 g/mol. The molecule has 198 valence electrons. The molecular formula is C31H31N5O3. The zero-order valence-corrected chi connectivity index (χ0v) is 22.4. The molecule has 0 unspecified atom stereocenters. The van der Waals surface area contributed by atoms with Crippen LogP contribution in [0.25, 0.3) is 28.2 Å². The van der Waals surface area contributed by atoms with Crippen LogP contribution in [-0.4, -0.2) is 58.3 Å². The summed E-state index contributed by atoms with van der Waals surface area (Å²) in [6.45, 7) is 5.80. The van der Waals surface area contributed by atoms with Gasteiger partial charge in [-0.2, -0.15) is 0 Å². The number of amides is 1. The van der Waals surface area contributed by atoms with Crippen LogP contribution in [-0.2, 0) is 4.79 Å². The number of fused-ring (bicyclic) bond motifs is 2. The molecule has 1 saturated heterocycles. The summed E-state index contributed by atoms with van der Waals surface area (Å²) in [5.74, 6) is 6.66. The van der Waals surface area contributed by atoms with Crippen molar-refractivity contribution in [2.75, 3.05) is 26.8 Å².